The van der Waals surface area contributed by atoms with Gasteiger partial charge in [-0.05, 0) is 71.6 Å². The van der Waals surface area contributed by atoms with Crippen LogP contribution in [0.4, 0.5) is 17.1 Å². The van der Waals surface area contributed by atoms with Crippen LogP contribution in [0.15, 0.2) is 30.3 Å². The van der Waals surface area contributed by atoms with E-state index in [0.717, 1.165) is 43.6 Å². The van der Waals surface area contributed by atoms with Crippen LogP contribution in [0.1, 0.15) is 44.2 Å². The molecule has 4 unspecified atom stereocenters. The van der Waals surface area contributed by atoms with E-state index in [1.165, 1.54) is 7.11 Å². The van der Waals surface area contributed by atoms with Gasteiger partial charge in [0, 0.05) is 36.3 Å². The monoisotopic (exact) mass is 626 g/mol. The quantitative estimate of drug-likeness (QED) is 0.232. The van der Waals surface area contributed by atoms with Gasteiger partial charge in [-0.1, -0.05) is 11.6 Å². The number of anilines is 3. The third-order valence-electron chi connectivity index (χ3n) is 7.92. The molecule has 0 bridgehead atoms. The molecule has 12 heteroatoms. The SMILES string of the molecule is CCOc1cc2c(cc1NC(=O)CCCN(C)C)C(Nc1ccc(OCC3NCCCC3C(=O)OC)cc1Cl)C(C#N)CN2. The van der Waals surface area contributed by atoms with Gasteiger partial charge in [0.1, 0.15) is 18.1 Å². The molecule has 2 aliphatic heterocycles. The van der Waals surface area contributed by atoms with Crippen LogP contribution in [-0.2, 0) is 14.3 Å². The molecule has 44 heavy (non-hydrogen) atoms. The lowest BCUT2D eigenvalue weighted by atomic mass is 9.88. The summed E-state index contributed by atoms with van der Waals surface area (Å²) in [5.41, 5.74) is 2.84. The number of carbonyl (C=O) groups is 2. The smallest absolute Gasteiger partial charge is 0.310 e. The molecular weight excluding hydrogens is 584 g/mol. The summed E-state index contributed by atoms with van der Waals surface area (Å²) < 4.78 is 16.9. The fourth-order valence-corrected chi connectivity index (χ4v) is 5.84. The minimum Gasteiger partial charge on any atom is -0.492 e. The van der Waals surface area contributed by atoms with Crippen LogP contribution < -0.4 is 30.7 Å². The minimum absolute atomic E-state index is 0.0992. The first-order valence-corrected chi connectivity index (χ1v) is 15.5. The molecule has 4 atom stereocenters. The van der Waals surface area contributed by atoms with Gasteiger partial charge < -0.3 is 40.4 Å². The van der Waals surface area contributed by atoms with Gasteiger partial charge >= 0.3 is 5.97 Å². The van der Waals surface area contributed by atoms with Gasteiger partial charge in [0.15, 0.2) is 0 Å². The highest BCUT2D eigenvalue weighted by Gasteiger charge is 2.33. The number of hydrogen-bond donors (Lipinski definition) is 4. The predicted octanol–water partition coefficient (Wildman–Crippen LogP) is 4.66. The van der Waals surface area contributed by atoms with Crippen LogP contribution in [-0.4, -0.2) is 76.9 Å². The number of nitriles is 1. The lowest BCUT2D eigenvalue weighted by molar-refractivity contribution is -0.147. The largest absolute Gasteiger partial charge is 0.492 e. The van der Waals surface area contributed by atoms with Crippen molar-refractivity contribution in [2.45, 2.75) is 44.7 Å². The van der Waals surface area contributed by atoms with E-state index in [1.807, 2.05) is 50.2 Å². The zero-order valence-electron chi connectivity index (χ0n) is 25.9. The third kappa shape index (κ3) is 8.46. The van der Waals surface area contributed by atoms with Crippen molar-refractivity contribution in [1.29, 1.82) is 5.26 Å². The molecule has 0 aliphatic carbocycles. The first-order chi connectivity index (χ1) is 21.2. The van der Waals surface area contributed by atoms with Gasteiger partial charge in [-0.25, -0.2) is 0 Å². The Kier molecular flexibility index (Phi) is 11.9. The fourth-order valence-electron chi connectivity index (χ4n) is 5.62. The standard InChI is InChI=1S/C32H43ClN6O5/c1-5-43-29-16-26-23(15-27(29)37-30(40)9-7-13-39(2)3)31(20(17-34)18-36-26)38-25-11-10-21(14-24(25)33)44-19-28-22(32(41)42-4)8-6-12-35-28/h10-11,14-16,20,22,28,31,35-36,38H,5-9,12-13,18-19H2,1-4H3,(H,37,40). The minimum atomic E-state index is -0.413. The number of rotatable bonds is 13. The first-order valence-electron chi connectivity index (χ1n) is 15.1. The molecule has 11 nitrogen and oxygen atoms in total. The fraction of sp³-hybridized carbons (Fsp3) is 0.531. The summed E-state index contributed by atoms with van der Waals surface area (Å²) in [5.74, 6) is 0.124. The van der Waals surface area contributed by atoms with Gasteiger partial charge in [0.2, 0.25) is 5.91 Å². The molecule has 1 amide bonds. The second-order valence-electron chi connectivity index (χ2n) is 11.3. The van der Waals surface area contributed by atoms with E-state index in [1.54, 1.807) is 6.07 Å². The molecule has 0 saturated carbocycles. The van der Waals surface area contributed by atoms with E-state index < -0.39 is 12.0 Å². The van der Waals surface area contributed by atoms with Gasteiger partial charge in [0.25, 0.3) is 0 Å². The van der Waals surface area contributed by atoms with Gasteiger partial charge in [-0.3, -0.25) is 9.59 Å². The van der Waals surface area contributed by atoms with Crippen molar-refractivity contribution in [2.75, 3.05) is 70.0 Å². The second kappa shape index (κ2) is 15.8. The van der Waals surface area contributed by atoms with Crippen LogP contribution in [0.2, 0.25) is 5.02 Å². The number of nitrogens with zero attached hydrogens (tertiary/aromatic N) is 2. The van der Waals surface area contributed by atoms with Crippen molar-refractivity contribution in [3.05, 3.63) is 40.9 Å². The number of halogens is 1. The summed E-state index contributed by atoms with van der Waals surface area (Å²) in [6, 6.07) is 10.9. The topological polar surface area (TPSA) is 137 Å². The average molecular weight is 627 g/mol. The highest BCUT2D eigenvalue weighted by atomic mass is 35.5. The summed E-state index contributed by atoms with van der Waals surface area (Å²) in [5, 5.41) is 23.6. The Labute approximate surface area is 264 Å². The average Bonchev–Trinajstić information content (AvgIpc) is 3.01. The van der Waals surface area contributed by atoms with Crippen LogP contribution >= 0.6 is 11.6 Å². The summed E-state index contributed by atoms with van der Waals surface area (Å²) in [6.07, 6.45) is 2.77. The molecule has 0 spiro atoms. The Morgan fingerprint density at radius 1 is 1.18 bits per heavy atom. The van der Waals surface area contributed by atoms with E-state index in [-0.39, 0.29) is 23.8 Å². The third-order valence-corrected chi connectivity index (χ3v) is 8.23. The first kappa shape index (κ1) is 33.2. The normalized spacial score (nSPS) is 20.9. The van der Waals surface area contributed by atoms with E-state index >= 15 is 0 Å². The molecule has 2 aliphatic rings. The van der Waals surface area contributed by atoms with Crippen LogP contribution in [0.25, 0.3) is 0 Å². The molecule has 2 heterocycles. The molecule has 4 N–H and O–H groups in total. The molecule has 0 aromatic heterocycles. The maximum Gasteiger partial charge on any atom is 0.310 e. The Morgan fingerprint density at radius 3 is 2.70 bits per heavy atom. The Balaban J connectivity index is 1.51. The van der Waals surface area contributed by atoms with Crippen molar-refractivity contribution in [2.24, 2.45) is 11.8 Å². The van der Waals surface area contributed by atoms with E-state index in [4.69, 9.17) is 25.8 Å². The number of piperidine rings is 1. The van der Waals surface area contributed by atoms with Crippen LogP contribution in [0.5, 0.6) is 11.5 Å². The van der Waals surface area contributed by atoms with Gasteiger partial charge in [0.05, 0.1) is 60.1 Å². The molecule has 2 aromatic carbocycles. The van der Waals surface area contributed by atoms with Crippen molar-refractivity contribution >= 4 is 40.5 Å². The van der Waals surface area contributed by atoms with Crippen molar-refractivity contribution in [1.82, 2.24) is 10.2 Å². The van der Waals surface area contributed by atoms with Gasteiger partial charge in [-0.2, -0.15) is 5.26 Å². The molecule has 2 aromatic rings. The number of benzene rings is 2. The number of ether oxygens (including phenoxy) is 3. The lowest BCUT2D eigenvalue weighted by Crippen LogP contribution is -2.48. The number of nitrogens with one attached hydrogen (secondary N) is 4. The Hall–Kier alpha value is -3.72. The molecule has 1 fully saturated rings. The van der Waals surface area contributed by atoms with E-state index in [2.05, 4.69) is 27.3 Å². The Morgan fingerprint density at radius 2 is 2.00 bits per heavy atom. The molecular formula is C32H43ClN6O5. The highest BCUT2D eigenvalue weighted by Crippen LogP contribution is 2.42. The zero-order valence-corrected chi connectivity index (χ0v) is 26.6. The van der Waals surface area contributed by atoms with E-state index in [0.29, 0.717) is 54.1 Å². The zero-order chi connectivity index (χ0) is 31.6. The maximum atomic E-state index is 12.8. The van der Waals surface area contributed by atoms with Crippen LogP contribution in [0.3, 0.4) is 0 Å². The summed E-state index contributed by atoms with van der Waals surface area (Å²) in [4.78, 5) is 27.0. The number of hydrogen-bond acceptors (Lipinski definition) is 10. The maximum absolute atomic E-state index is 12.8. The number of carbonyl (C=O) groups excluding carboxylic acids is 2. The Bertz CT molecular complexity index is 1350. The number of fused-ring (bicyclic) bond motifs is 1. The molecule has 1 saturated heterocycles. The molecule has 238 valence electrons. The second-order valence-corrected chi connectivity index (χ2v) is 11.8. The summed E-state index contributed by atoms with van der Waals surface area (Å²) in [7, 11) is 5.36. The summed E-state index contributed by atoms with van der Waals surface area (Å²) >= 11 is 6.72. The van der Waals surface area contributed by atoms with Crippen molar-refractivity contribution in [3.8, 4) is 17.6 Å². The van der Waals surface area contributed by atoms with E-state index in [9.17, 15) is 14.9 Å². The van der Waals surface area contributed by atoms with Crippen molar-refractivity contribution < 1.29 is 23.8 Å². The number of esters is 1. The van der Waals surface area contributed by atoms with Crippen molar-refractivity contribution in [3.63, 3.8) is 0 Å². The number of amides is 1. The highest BCUT2D eigenvalue weighted by molar-refractivity contribution is 6.33. The lowest BCUT2D eigenvalue weighted by Gasteiger charge is -2.33. The van der Waals surface area contributed by atoms with Gasteiger partial charge in [-0.15, -0.1) is 0 Å². The molecule has 0 radical (unpaired) electrons. The predicted molar refractivity (Wildman–Crippen MR) is 171 cm³/mol. The summed E-state index contributed by atoms with van der Waals surface area (Å²) in [6.45, 7) is 4.69. The number of methoxy groups -OCH3 is 1. The van der Waals surface area contributed by atoms with Crippen LogP contribution in [0, 0.1) is 23.2 Å². The molecule has 4 rings (SSSR count).